The van der Waals surface area contributed by atoms with E-state index in [2.05, 4.69) is 10.3 Å². The Hall–Kier alpha value is -1.81. The monoisotopic (exact) mass is 276 g/mol. The van der Waals surface area contributed by atoms with Crippen molar-refractivity contribution in [3.05, 3.63) is 65.0 Å². The molecule has 20 heavy (non-hydrogen) atoms. The summed E-state index contributed by atoms with van der Waals surface area (Å²) < 4.78 is 28.3. The first-order valence-electron chi connectivity index (χ1n) is 6.70. The van der Waals surface area contributed by atoms with E-state index >= 15 is 0 Å². The number of nitrogens with zero attached hydrogens (tertiary/aromatic N) is 1. The van der Waals surface area contributed by atoms with Crippen molar-refractivity contribution in [1.82, 2.24) is 10.3 Å². The zero-order chi connectivity index (χ0) is 14.5. The quantitative estimate of drug-likeness (QED) is 0.903. The lowest BCUT2D eigenvalue weighted by atomic mass is 9.97. The van der Waals surface area contributed by atoms with Crippen LogP contribution in [0.2, 0.25) is 0 Å². The van der Waals surface area contributed by atoms with E-state index in [1.54, 1.807) is 19.3 Å². The highest BCUT2D eigenvalue weighted by atomic mass is 19.1. The van der Waals surface area contributed by atoms with Gasteiger partial charge in [0, 0.05) is 24.0 Å². The van der Waals surface area contributed by atoms with Gasteiger partial charge >= 0.3 is 0 Å². The van der Waals surface area contributed by atoms with E-state index in [0.717, 1.165) is 5.56 Å². The van der Waals surface area contributed by atoms with Gasteiger partial charge in [0.2, 0.25) is 0 Å². The van der Waals surface area contributed by atoms with Crippen molar-refractivity contribution in [2.45, 2.75) is 26.3 Å². The van der Waals surface area contributed by atoms with Gasteiger partial charge in [0.05, 0.1) is 0 Å². The van der Waals surface area contributed by atoms with Gasteiger partial charge in [-0.2, -0.15) is 0 Å². The second-order valence-electron chi connectivity index (χ2n) is 4.77. The normalized spacial score (nSPS) is 12.4. The van der Waals surface area contributed by atoms with Crippen LogP contribution in [0.25, 0.3) is 0 Å². The van der Waals surface area contributed by atoms with Crippen LogP contribution in [-0.4, -0.2) is 11.5 Å². The molecule has 1 heterocycles. The number of halogens is 2. The second-order valence-corrected chi connectivity index (χ2v) is 4.77. The molecule has 4 heteroatoms. The molecule has 0 saturated heterocycles. The van der Waals surface area contributed by atoms with Gasteiger partial charge in [-0.3, -0.25) is 4.98 Å². The molecular formula is C16H18F2N2. The lowest BCUT2D eigenvalue weighted by Crippen LogP contribution is -2.25. The molecule has 0 aliphatic rings. The molecule has 0 aliphatic carbocycles. The Morgan fingerprint density at radius 3 is 2.70 bits per heavy atom. The minimum absolute atomic E-state index is 0.107. The van der Waals surface area contributed by atoms with Crippen molar-refractivity contribution >= 4 is 0 Å². The van der Waals surface area contributed by atoms with Gasteiger partial charge in [-0.25, -0.2) is 8.78 Å². The van der Waals surface area contributed by atoms with Crippen molar-refractivity contribution in [3.63, 3.8) is 0 Å². The third-order valence-electron chi connectivity index (χ3n) is 3.28. The summed E-state index contributed by atoms with van der Waals surface area (Å²) in [5.41, 5.74) is 1.50. The maximum Gasteiger partial charge on any atom is 0.133 e. The highest BCUT2D eigenvalue weighted by molar-refractivity contribution is 5.30. The summed E-state index contributed by atoms with van der Waals surface area (Å²) in [5, 5.41) is 3.15. The standard InChI is InChI=1S/C16H18F2N2/c1-3-20-14(9-12-5-4-8-19-10-12)15-13(17)7-6-11(2)16(15)18/h4-8,10,14,20H,3,9H2,1-2H3. The first-order valence-corrected chi connectivity index (χ1v) is 6.70. The van der Waals surface area contributed by atoms with Crippen LogP contribution < -0.4 is 5.32 Å². The van der Waals surface area contributed by atoms with Gasteiger partial charge in [-0.05, 0) is 43.1 Å². The molecule has 2 nitrogen and oxygen atoms in total. The van der Waals surface area contributed by atoms with E-state index in [0.29, 0.717) is 18.5 Å². The maximum atomic E-state index is 14.2. The molecule has 0 fully saturated rings. The van der Waals surface area contributed by atoms with E-state index in [1.807, 2.05) is 19.1 Å². The van der Waals surface area contributed by atoms with Crippen LogP contribution in [0.15, 0.2) is 36.7 Å². The van der Waals surface area contributed by atoms with E-state index in [1.165, 1.54) is 12.1 Å². The molecule has 1 aromatic heterocycles. The number of nitrogens with one attached hydrogen (secondary N) is 1. The molecule has 1 unspecified atom stereocenters. The first-order chi connectivity index (χ1) is 9.63. The zero-order valence-electron chi connectivity index (χ0n) is 11.7. The van der Waals surface area contributed by atoms with Crippen molar-refractivity contribution in [2.24, 2.45) is 0 Å². The van der Waals surface area contributed by atoms with Crippen molar-refractivity contribution in [2.75, 3.05) is 6.54 Å². The van der Waals surface area contributed by atoms with Crippen LogP contribution in [0.4, 0.5) is 8.78 Å². The van der Waals surface area contributed by atoms with E-state index in [4.69, 9.17) is 0 Å². The third kappa shape index (κ3) is 3.20. The fourth-order valence-electron chi connectivity index (χ4n) is 2.28. The Morgan fingerprint density at radius 1 is 1.25 bits per heavy atom. The van der Waals surface area contributed by atoms with Crippen molar-refractivity contribution < 1.29 is 8.78 Å². The van der Waals surface area contributed by atoms with Crippen LogP contribution in [0, 0.1) is 18.6 Å². The lowest BCUT2D eigenvalue weighted by Gasteiger charge is -2.20. The topological polar surface area (TPSA) is 24.9 Å². The Bertz CT molecular complexity index is 570. The second kappa shape index (κ2) is 6.57. The average Bonchev–Trinajstić information content (AvgIpc) is 2.45. The SMILES string of the molecule is CCNC(Cc1cccnc1)c1c(F)ccc(C)c1F. The number of benzene rings is 1. The summed E-state index contributed by atoms with van der Waals surface area (Å²) >= 11 is 0. The number of rotatable bonds is 5. The van der Waals surface area contributed by atoms with E-state index in [-0.39, 0.29) is 5.56 Å². The first kappa shape index (κ1) is 14.6. The number of aromatic nitrogens is 1. The summed E-state index contributed by atoms with van der Waals surface area (Å²) in [6, 6.07) is 6.11. The smallest absolute Gasteiger partial charge is 0.133 e. The summed E-state index contributed by atoms with van der Waals surface area (Å²) in [4.78, 5) is 4.04. The molecule has 0 radical (unpaired) electrons. The van der Waals surface area contributed by atoms with Crippen LogP contribution in [0.5, 0.6) is 0 Å². The molecule has 0 saturated carbocycles. The van der Waals surface area contributed by atoms with Crippen LogP contribution >= 0.6 is 0 Å². The highest BCUT2D eigenvalue weighted by Crippen LogP contribution is 2.26. The fourth-order valence-corrected chi connectivity index (χ4v) is 2.28. The Balaban J connectivity index is 2.36. The Morgan fingerprint density at radius 2 is 2.05 bits per heavy atom. The molecule has 1 atom stereocenters. The molecule has 0 spiro atoms. The predicted octanol–water partition coefficient (Wildman–Crippen LogP) is 3.56. The van der Waals surface area contributed by atoms with Gasteiger partial charge in [0.15, 0.2) is 0 Å². The molecule has 2 aromatic rings. The van der Waals surface area contributed by atoms with Crippen molar-refractivity contribution in [3.8, 4) is 0 Å². The number of hydrogen-bond acceptors (Lipinski definition) is 2. The average molecular weight is 276 g/mol. The minimum atomic E-state index is -0.511. The summed E-state index contributed by atoms with van der Waals surface area (Å²) in [6.07, 6.45) is 3.90. The van der Waals surface area contributed by atoms with Gasteiger partial charge < -0.3 is 5.32 Å². The fraction of sp³-hybridized carbons (Fsp3) is 0.312. The molecule has 0 bridgehead atoms. The van der Waals surface area contributed by atoms with Gasteiger partial charge in [0.25, 0.3) is 0 Å². The number of aryl methyl sites for hydroxylation is 1. The van der Waals surface area contributed by atoms with E-state index < -0.39 is 17.7 Å². The summed E-state index contributed by atoms with van der Waals surface area (Å²) in [5.74, 6) is -0.984. The van der Waals surface area contributed by atoms with Crippen LogP contribution in [0.3, 0.4) is 0 Å². The predicted molar refractivity (Wildman–Crippen MR) is 75.5 cm³/mol. The maximum absolute atomic E-state index is 14.2. The van der Waals surface area contributed by atoms with Gasteiger partial charge in [-0.1, -0.05) is 19.1 Å². The molecule has 0 aliphatic heterocycles. The Kier molecular flexibility index (Phi) is 4.79. The summed E-state index contributed by atoms with van der Waals surface area (Å²) in [6.45, 7) is 4.20. The van der Waals surface area contributed by atoms with Crippen LogP contribution in [0.1, 0.15) is 29.7 Å². The van der Waals surface area contributed by atoms with Gasteiger partial charge in [-0.15, -0.1) is 0 Å². The van der Waals surface area contributed by atoms with E-state index in [9.17, 15) is 8.78 Å². The minimum Gasteiger partial charge on any atom is -0.310 e. The third-order valence-corrected chi connectivity index (χ3v) is 3.28. The Labute approximate surface area is 117 Å². The highest BCUT2D eigenvalue weighted by Gasteiger charge is 2.21. The molecule has 106 valence electrons. The largest absolute Gasteiger partial charge is 0.310 e. The molecule has 0 amide bonds. The molecule has 1 aromatic carbocycles. The molecular weight excluding hydrogens is 258 g/mol. The summed E-state index contributed by atoms with van der Waals surface area (Å²) in [7, 11) is 0. The zero-order valence-corrected chi connectivity index (χ0v) is 11.7. The number of hydrogen-bond donors (Lipinski definition) is 1. The van der Waals surface area contributed by atoms with Crippen molar-refractivity contribution in [1.29, 1.82) is 0 Å². The molecule has 2 rings (SSSR count). The number of pyridine rings is 1. The van der Waals surface area contributed by atoms with Gasteiger partial charge in [0.1, 0.15) is 11.6 Å². The molecule has 1 N–H and O–H groups in total. The van der Waals surface area contributed by atoms with Crippen LogP contribution in [-0.2, 0) is 6.42 Å². The lowest BCUT2D eigenvalue weighted by molar-refractivity contribution is 0.470. The number of likely N-dealkylation sites (N-methyl/N-ethyl adjacent to an activating group) is 1.